The van der Waals surface area contributed by atoms with Crippen molar-refractivity contribution >= 4 is 55.8 Å². The Balaban J connectivity index is 2.06. The number of hydrogen-bond donors (Lipinski definition) is 1. The summed E-state index contributed by atoms with van der Waals surface area (Å²) in [4.78, 5) is 12.2. The molecule has 0 aliphatic carbocycles. The average Bonchev–Trinajstić information content (AvgIpc) is 2.95. The molecule has 1 heterocycles. The van der Waals surface area contributed by atoms with Crippen LogP contribution in [0.15, 0.2) is 28.6 Å². The number of hydrogen-bond acceptors (Lipinski definition) is 7. The van der Waals surface area contributed by atoms with Crippen molar-refractivity contribution in [1.29, 1.82) is 0 Å². The zero-order valence-electron chi connectivity index (χ0n) is 13.6. The van der Waals surface area contributed by atoms with Crippen LogP contribution in [0.4, 0.5) is 5.13 Å². The minimum atomic E-state index is -3.59. The molecule has 1 N–H and O–H groups in total. The lowest BCUT2D eigenvalue weighted by Crippen LogP contribution is -2.37. The Bertz CT molecular complexity index is 841. The summed E-state index contributed by atoms with van der Waals surface area (Å²) >= 11 is 8.84. The van der Waals surface area contributed by atoms with Crippen molar-refractivity contribution in [3.63, 3.8) is 0 Å². The fourth-order valence-corrected chi connectivity index (χ4v) is 4.45. The molecule has 136 valence electrons. The van der Waals surface area contributed by atoms with Gasteiger partial charge in [0.1, 0.15) is 0 Å². The number of halogens is 1. The van der Waals surface area contributed by atoms with Gasteiger partial charge in [-0.1, -0.05) is 59.8 Å². The number of thioether (sulfide) groups is 1. The van der Waals surface area contributed by atoms with Crippen LogP contribution in [-0.4, -0.2) is 47.4 Å². The van der Waals surface area contributed by atoms with Crippen LogP contribution in [0.1, 0.15) is 12.5 Å². The molecular formula is C14H17ClN4O3S3. The molecule has 0 saturated carbocycles. The number of sulfonamides is 1. The highest BCUT2D eigenvalue weighted by molar-refractivity contribution is 8.01. The van der Waals surface area contributed by atoms with Crippen LogP contribution in [0.25, 0.3) is 0 Å². The Kier molecular flexibility index (Phi) is 7.20. The Labute approximate surface area is 159 Å². The van der Waals surface area contributed by atoms with E-state index < -0.39 is 15.9 Å². The zero-order valence-corrected chi connectivity index (χ0v) is 16.8. The number of carbonyl (C=O) groups is 1. The molecule has 0 unspecified atom stereocenters. The molecule has 0 saturated heterocycles. The van der Waals surface area contributed by atoms with E-state index in [0.717, 1.165) is 20.7 Å². The molecule has 7 nitrogen and oxygen atoms in total. The van der Waals surface area contributed by atoms with Crippen LogP contribution in [-0.2, 0) is 21.4 Å². The SMILES string of the molecule is CCSc1nnc(NC(=O)CN(Cc2ccccc2Cl)S(C)(=O)=O)s1. The molecule has 1 aromatic heterocycles. The van der Waals surface area contributed by atoms with Crippen LogP contribution in [0.3, 0.4) is 0 Å². The number of amides is 1. The normalized spacial score (nSPS) is 11.7. The summed E-state index contributed by atoms with van der Waals surface area (Å²) in [6.45, 7) is 1.67. The molecule has 0 spiro atoms. The Hall–Kier alpha value is -1.20. The molecule has 0 bridgehead atoms. The highest BCUT2D eigenvalue weighted by Crippen LogP contribution is 2.25. The van der Waals surface area contributed by atoms with E-state index in [2.05, 4.69) is 15.5 Å². The zero-order chi connectivity index (χ0) is 18.4. The van der Waals surface area contributed by atoms with Gasteiger partial charge in [0, 0.05) is 11.6 Å². The second kappa shape index (κ2) is 8.95. The van der Waals surface area contributed by atoms with Gasteiger partial charge in [0.05, 0.1) is 12.8 Å². The van der Waals surface area contributed by atoms with Gasteiger partial charge in [0.25, 0.3) is 0 Å². The predicted molar refractivity (Wildman–Crippen MR) is 102 cm³/mol. The van der Waals surface area contributed by atoms with Gasteiger partial charge in [-0.15, -0.1) is 10.2 Å². The van der Waals surface area contributed by atoms with E-state index in [4.69, 9.17) is 11.6 Å². The second-order valence-electron chi connectivity index (χ2n) is 4.98. The van der Waals surface area contributed by atoms with Crippen LogP contribution in [0.5, 0.6) is 0 Å². The quantitative estimate of drug-likeness (QED) is 0.521. The number of nitrogens with one attached hydrogen (secondary N) is 1. The van der Waals surface area contributed by atoms with Crippen LogP contribution in [0.2, 0.25) is 5.02 Å². The molecule has 0 aliphatic heterocycles. The lowest BCUT2D eigenvalue weighted by molar-refractivity contribution is -0.116. The van der Waals surface area contributed by atoms with Gasteiger partial charge in [-0.05, 0) is 17.4 Å². The second-order valence-corrected chi connectivity index (χ2v) is 9.86. The predicted octanol–water partition coefficient (Wildman–Crippen LogP) is 2.70. The van der Waals surface area contributed by atoms with Gasteiger partial charge in [-0.25, -0.2) is 8.42 Å². The topological polar surface area (TPSA) is 92.3 Å². The Morgan fingerprint density at radius 3 is 2.72 bits per heavy atom. The fourth-order valence-electron chi connectivity index (χ4n) is 1.87. The lowest BCUT2D eigenvalue weighted by Gasteiger charge is -2.19. The van der Waals surface area contributed by atoms with Gasteiger partial charge in [-0.3, -0.25) is 10.1 Å². The van der Waals surface area contributed by atoms with Gasteiger partial charge in [0.2, 0.25) is 21.1 Å². The number of anilines is 1. The van der Waals surface area contributed by atoms with Crippen LogP contribution < -0.4 is 5.32 Å². The number of nitrogens with zero attached hydrogens (tertiary/aromatic N) is 3. The minimum absolute atomic E-state index is 0.0129. The van der Waals surface area contributed by atoms with E-state index in [1.54, 1.807) is 24.3 Å². The van der Waals surface area contributed by atoms with Crippen molar-refractivity contribution < 1.29 is 13.2 Å². The number of aromatic nitrogens is 2. The molecule has 0 radical (unpaired) electrons. The molecule has 2 aromatic rings. The third-order valence-electron chi connectivity index (χ3n) is 3.01. The summed E-state index contributed by atoms with van der Waals surface area (Å²) in [7, 11) is -3.59. The number of carbonyl (C=O) groups excluding carboxylic acids is 1. The first-order chi connectivity index (χ1) is 11.8. The molecule has 11 heteroatoms. The standard InChI is InChI=1S/C14H17ClN4O3S3/c1-3-23-14-18-17-13(24-14)16-12(20)9-19(25(2,21)22)8-10-6-4-5-7-11(10)15/h4-7H,3,8-9H2,1-2H3,(H,16,17,20). The maximum atomic E-state index is 12.2. The number of rotatable bonds is 8. The summed E-state index contributed by atoms with van der Waals surface area (Å²) in [6, 6.07) is 6.91. The molecular weight excluding hydrogens is 404 g/mol. The maximum Gasteiger partial charge on any atom is 0.241 e. The molecule has 0 fully saturated rings. The van der Waals surface area contributed by atoms with Crippen molar-refractivity contribution in [2.45, 2.75) is 17.8 Å². The first-order valence-electron chi connectivity index (χ1n) is 7.24. The average molecular weight is 421 g/mol. The molecule has 1 amide bonds. The van der Waals surface area contributed by atoms with E-state index in [9.17, 15) is 13.2 Å². The Morgan fingerprint density at radius 2 is 2.08 bits per heavy atom. The van der Waals surface area contributed by atoms with Crippen molar-refractivity contribution in [2.24, 2.45) is 0 Å². The first kappa shape index (κ1) is 20.1. The van der Waals surface area contributed by atoms with Gasteiger partial charge >= 0.3 is 0 Å². The highest BCUT2D eigenvalue weighted by atomic mass is 35.5. The van der Waals surface area contributed by atoms with E-state index in [-0.39, 0.29) is 13.1 Å². The van der Waals surface area contributed by atoms with E-state index in [1.165, 1.54) is 23.1 Å². The summed E-state index contributed by atoms with van der Waals surface area (Å²) in [5.41, 5.74) is 0.625. The largest absolute Gasteiger partial charge is 0.299 e. The summed E-state index contributed by atoms with van der Waals surface area (Å²) in [6.07, 6.45) is 1.05. The van der Waals surface area contributed by atoms with Crippen molar-refractivity contribution in [2.75, 3.05) is 23.9 Å². The molecule has 0 aliphatic rings. The van der Waals surface area contributed by atoms with Crippen molar-refractivity contribution in [3.8, 4) is 0 Å². The minimum Gasteiger partial charge on any atom is -0.299 e. The highest BCUT2D eigenvalue weighted by Gasteiger charge is 2.22. The smallest absolute Gasteiger partial charge is 0.241 e. The van der Waals surface area contributed by atoms with E-state index in [0.29, 0.717) is 15.7 Å². The van der Waals surface area contributed by atoms with Gasteiger partial charge < -0.3 is 0 Å². The van der Waals surface area contributed by atoms with Gasteiger partial charge in [-0.2, -0.15) is 4.31 Å². The number of benzene rings is 1. The Morgan fingerprint density at radius 1 is 1.36 bits per heavy atom. The van der Waals surface area contributed by atoms with Crippen molar-refractivity contribution in [3.05, 3.63) is 34.9 Å². The van der Waals surface area contributed by atoms with E-state index in [1.807, 2.05) is 6.92 Å². The molecule has 1 aromatic carbocycles. The third kappa shape index (κ3) is 6.23. The summed E-state index contributed by atoms with van der Waals surface area (Å²) < 4.78 is 25.8. The van der Waals surface area contributed by atoms with Gasteiger partial charge in [0.15, 0.2) is 4.34 Å². The monoisotopic (exact) mass is 420 g/mol. The van der Waals surface area contributed by atoms with Crippen molar-refractivity contribution in [1.82, 2.24) is 14.5 Å². The fraction of sp³-hybridized carbons (Fsp3) is 0.357. The molecule has 2 rings (SSSR count). The van der Waals surface area contributed by atoms with Crippen LogP contribution >= 0.6 is 34.7 Å². The van der Waals surface area contributed by atoms with Crippen LogP contribution in [0, 0.1) is 0 Å². The van der Waals surface area contributed by atoms with E-state index >= 15 is 0 Å². The lowest BCUT2D eigenvalue weighted by atomic mass is 10.2. The third-order valence-corrected chi connectivity index (χ3v) is 6.43. The maximum absolute atomic E-state index is 12.2. The molecule has 0 atom stereocenters. The molecule has 25 heavy (non-hydrogen) atoms. The summed E-state index contributed by atoms with van der Waals surface area (Å²) in [5.74, 6) is 0.365. The first-order valence-corrected chi connectivity index (χ1v) is 11.3. The summed E-state index contributed by atoms with van der Waals surface area (Å²) in [5, 5.41) is 11.2.